The molecule has 0 bridgehead atoms. The van der Waals surface area contributed by atoms with Crippen LogP contribution in [0.1, 0.15) is 30.4 Å². The van der Waals surface area contributed by atoms with Crippen LogP contribution >= 0.6 is 0 Å². The standard InChI is InChI=1S/C14H20N2O2/c17-10-12-4-1-3-11(7-12)9-16-13-5-2-6-15-14(18)8-13/h1,3-4,7,13,16-17H,2,5-6,8-10H2,(H,15,18). The molecule has 4 heteroatoms. The molecule has 0 saturated carbocycles. The molecule has 1 saturated heterocycles. The van der Waals surface area contributed by atoms with Gasteiger partial charge < -0.3 is 15.7 Å². The maximum absolute atomic E-state index is 11.4. The molecule has 0 spiro atoms. The summed E-state index contributed by atoms with van der Waals surface area (Å²) in [6.07, 6.45) is 2.61. The first-order valence-electron chi connectivity index (χ1n) is 6.46. The highest BCUT2D eigenvalue weighted by atomic mass is 16.3. The zero-order chi connectivity index (χ0) is 12.8. The van der Waals surface area contributed by atoms with Crippen LogP contribution in [0.3, 0.4) is 0 Å². The number of benzene rings is 1. The third kappa shape index (κ3) is 3.82. The van der Waals surface area contributed by atoms with Gasteiger partial charge in [0.15, 0.2) is 0 Å². The average Bonchev–Trinajstić information content (AvgIpc) is 2.61. The Bertz CT molecular complexity index is 407. The summed E-state index contributed by atoms with van der Waals surface area (Å²) in [5.41, 5.74) is 2.07. The van der Waals surface area contributed by atoms with Gasteiger partial charge in [0, 0.05) is 25.6 Å². The second-order valence-electron chi connectivity index (χ2n) is 4.75. The molecule has 1 amide bonds. The Morgan fingerprint density at radius 2 is 2.22 bits per heavy atom. The molecule has 1 aliphatic heterocycles. The second-order valence-corrected chi connectivity index (χ2v) is 4.75. The Balaban J connectivity index is 1.87. The largest absolute Gasteiger partial charge is 0.392 e. The number of carbonyl (C=O) groups excluding carboxylic acids is 1. The van der Waals surface area contributed by atoms with Crippen molar-refractivity contribution in [3.8, 4) is 0 Å². The molecule has 98 valence electrons. The zero-order valence-electron chi connectivity index (χ0n) is 10.5. The quantitative estimate of drug-likeness (QED) is 0.743. The number of aliphatic hydroxyl groups is 1. The fourth-order valence-electron chi connectivity index (χ4n) is 2.25. The maximum Gasteiger partial charge on any atom is 0.221 e. The predicted octanol–water partition coefficient (Wildman–Crippen LogP) is 0.937. The Labute approximate surface area is 107 Å². The van der Waals surface area contributed by atoms with Crippen LogP contribution in [0.5, 0.6) is 0 Å². The van der Waals surface area contributed by atoms with Crippen molar-refractivity contribution in [1.82, 2.24) is 10.6 Å². The molecule has 2 rings (SSSR count). The van der Waals surface area contributed by atoms with Gasteiger partial charge in [-0.2, -0.15) is 0 Å². The van der Waals surface area contributed by atoms with Crippen molar-refractivity contribution < 1.29 is 9.90 Å². The summed E-state index contributed by atoms with van der Waals surface area (Å²) in [6, 6.07) is 8.13. The van der Waals surface area contributed by atoms with E-state index in [0.717, 1.165) is 37.1 Å². The van der Waals surface area contributed by atoms with Crippen molar-refractivity contribution >= 4 is 5.91 Å². The molecule has 1 fully saturated rings. The molecule has 1 aromatic rings. The van der Waals surface area contributed by atoms with Crippen LogP contribution in [-0.2, 0) is 17.9 Å². The molecule has 1 heterocycles. The smallest absolute Gasteiger partial charge is 0.221 e. The van der Waals surface area contributed by atoms with E-state index < -0.39 is 0 Å². The van der Waals surface area contributed by atoms with E-state index in [9.17, 15) is 4.79 Å². The normalized spacial score (nSPS) is 20.3. The highest BCUT2D eigenvalue weighted by molar-refractivity contribution is 5.76. The maximum atomic E-state index is 11.4. The third-order valence-electron chi connectivity index (χ3n) is 3.25. The lowest BCUT2D eigenvalue weighted by atomic mass is 10.1. The first kappa shape index (κ1) is 13.1. The number of aliphatic hydroxyl groups excluding tert-OH is 1. The molecule has 0 radical (unpaired) electrons. The number of hydrogen-bond acceptors (Lipinski definition) is 3. The Morgan fingerprint density at radius 3 is 3.06 bits per heavy atom. The van der Waals surface area contributed by atoms with Gasteiger partial charge in [-0.15, -0.1) is 0 Å². The summed E-state index contributed by atoms with van der Waals surface area (Å²) in [5.74, 6) is 0.133. The van der Waals surface area contributed by atoms with Gasteiger partial charge in [-0.1, -0.05) is 24.3 Å². The van der Waals surface area contributed by atoms with Gasteiger partial charge in [-0.25, -0.2) is 0 Å². The fourth-order valence-corrected chi connectivity index (χ4v) is 2.25. The topological polar surface area (TPSA) is 61.4 Å². The molecular formula is C14H20N2O2. The number of rotatable bonds is 4. The number of carbonyl (C=O) groups is 1. The molecule has 1 unspecified atom stereocenters. The SMILES string of the molecule is O=C1CC(NCc2cccc(CO)c2)CCCN1. The van der Waals surface area contributed by atoms with Crippen LogP contribution in [0.4, 0.5) is 0 Å². The summed E-state index contributed by atoms with van der Waals surface area (Å²) < 4.78 is 0. The molecule has 1 aliphatic rings. The minimum atomic E-state index is 0.0691. The molecule has 3 N–H and O–H groups in total. The minimum Gasteiger partial charge on any atom is -0.392 e. The third-order valence-corrected chi connectivity index (χ3v) is 3.25. The lowest BCUT2D eigenvalue weighted by Gasteiger charge is -2.15. The molecule has 4 nitrogen and oxygen atoms in total. The van der Waals surface area contributed by atoms with Gasteiger partial charge >= 0.3 is 0 Å². The summed E-state index contributed by atoms with van der Waals surface area (Å²) in [6.45, 7) is 1.60. The monoisotopic (exact) mass is 248 g/mol. The van der Waals surface area contributed by atoms with Crippen LogP contribution < -0.4 is 10.6 Å². The Hall–Kier alpha value is -1.39. The van der Waals surface area contributed by atoms with Crippen LogP contribution in [0, 0.1) is 0 Å². The number of hydrogen-bond donors (Lipinski definition) is 3. The molecule has 0 aromatic heterocycles. The highest BCUT2D eigenvalue weighted by Gasteiger charge is 2.16. The van der Waals surface area contributed by atoms with Gasteiger partial charge in [0.2, 0.25) is 5.91 Å². The predicted molar refractivity (Wildman–Crippen MR) is 69.9 cm³/mol. The molecule has 1 atom stereocenters. The van der Waals surface area contributed by atoms with Gasteiger partial charge in [-0.05, 0) is 24.0 Å². The van der Waals surface area contributed by atoms with Gasteiger partial charge in [0.1, 0.15) is 0 Å². The zero-order valence-corrected chi connectivity index (χ0v) is 10.5. The molecule has 0 aliphatic carbocycles. The van der Waals surface area contributed by atoms with Crippen molar-refractivity contribution in [1.29, 1.82) is 0 Å². The molecule has 18 heavy (non-hydrogen) atoms. The highest BCUT2D eigenvalue weighted by Crippen LogP contribution is 2.09. The lowest BCUT2D eigenvalue weighted by molar-refractivity contribution is -0.121. The van der Waals surface area contributed by atoms with E-state index in [0.29, 0.717) is 6.42 Å². The fraction of sp³-hybridized carbons (Fsp3) is 0.500. The van der Waals surface area contributed by atoms with Crippen molar-refractivity contribution in [2.24, 2.45) is 0 Å². The molecular weight excluding hydrogens is 228 g/mol. The van der Waals surface area contributed by atoms with Crippen molar-refractivity contribution in [2.75, 3.05) is 6.54 Å². The van der Waals surface area contributed by atoms with Gasteiger partial charge in [-0.3, -0.25) is 4.79 Å². The van der Waals surface area contributed by atoms with Crippen LogP contribution in [0.25, 0.3) is 0 Å². The van der Waals surface area contributed by atoms with Gasteiger partial charge in [0.05, 0.1) is 6.61 Å². The van der Waals surface area contributed by atoms with Crippen molar-refractivity contribution in [3.05, 3.63) is 35.4 Å². The van der Waals surface area contributed by atoms with Crippen LogP contribution in [0.2, 0.25) is 0 Å². The summed E-state index contributed by atoms with van der Waals surface area (Å²) in [4.78, 5) is 11.4. The first-order chi connectivity index (χ1) is 8.78. The number of amides is 1. The summed E-state index contributed by atoms with van der Waals surface area (Å²) in [5, 5.41) is 15.4. The van der Waals surface area contributed by atoms with Crippen LogP contribution in [0.15, 0.2) is 24.3 Å². The Kier molecular flexibility index (Phi) is 4.73. The van der Waals surface area contributed by atoms with Crippen LogP contribution in [-0.4, -0.2) is 23.6 Å². The van der Waals surface area contributed by atoms with E-state index >= 15 is 0 Å². The van der Waals surface area contributed by atoms with Crippen molar-refractivity contribution in [2.45, 2.75) is 38.5 Å². The average molecular weight is 248 g/mol. The summed E-state index contributed by atoms with van der Waals surface area (Å²) >= 11 is 0. The minimum absolute atomic E-state index is 0.0691. The van der Waals surface area contributed by atoms with E-state index in [4.69, 9.17) is 5.11 Å². The van der Waals surface area contributed by atoms with E-state index in [1.165, 1.54) is 0 Å². The van der Waals surface area contributed by atoms with E-state index in [1.54, 1.807) is 0 Å². The summed E-state index contributed by atoms with van der Waals surface area (Å²) in [7, 11) is 0. The first-order valence-corrected chi connectivity index (χ1v) is 6.46. The number of nitrogens with one attached hydrogen (secondary N) is 2. The van der Waals surface area contributed by atoms with E-state index in [-0.39, 0.29) is 18.6 Å². The molecule has 1 aromatic carbocycles. The van der Waals surface area contributed by atoms with Gasteiger partial charge in [0.25, 0.3) is 0 Å². The lowest BCUT2D eigenvalue weighted by Crippen LogP contribution is -2.32. The van der Waals surface area contributed by atoms with E-state index in [2.05, 4.69) is 10.6 Å². The second kappa shape index (κ2) is 6.52. The Morgan fingerprint density at radius 1 is 1.39 bits per heavy atom. The van der Waals surface area contributed by atoms with Crippen molar-refractivity contribution in [3.63, 3.8) is 0 Å². The van der Waals surface area contributed by atoms with E-state index in [1.807, 2.05) is 24.3 Å².